The molecule has 3 aromatic heterocycles. The molecule has 0 saturated carbocycles. The molecule has 1 unspecified atom stereocenters. The molecule has 4 aromatic rings. The van der Waals surface area contributed by atoms with Gasteiger partial charge >= 0.3 is 0 Å². The number of rotatable bonds is 4. The summed E-state index contributed by atoms with van der Waals surface area (Å²) in [5.74, 6) is 2.36. The predicted octanol–water partition coefficient (Wildman–Crippen LogP) is 3.69. The molecular weight excluding hydrogens is 406 g/mol. The summed E-state index contributed by atoms with van der Waals surface area (Å²) in [6.07, 6.45) is 4.96. The third-order valence-corrected chi connectivity index (χ3v) is 6.00. The van der Waals surface area contributed by atoms with E-state index in [4.69, 9.17) is 29.3 Å². The summed E-state index contributed by atoms with van der Waals surface area (Å²) in [7, 11) is 0. The summed E-state index contributed by atoms with van der Waals surface area (Å²) in [4.78, 5) is 12.1. The maximum atomic E-state index is 5.97. The van der Waals surface area contributed by atoms with Crippen molar-refractivity contribution in [2.75, 3.05) is 37.8 Å². The van der Waals surface area contributed by atoms with Crippen LogP contribution in [-0.4, -0.2) is 58.8 Å². The first-order valence-corrected chi connectivity index (χ1v) is 11.2. The maximum Gasteiger partial charge on any atom is 0.199 e. The van der Waals surface area contributed by atoms with Crippen LogP contribution in [0.25, 0.3) is 27.9 Å². The molecule has 2 fully saturated rings. The number of pyridine rings is 1. The summed E-state index contributed by atoms with van der Waals surface area (Å²) < 4.78 is 19.1. The molecule has 2 aliphatic heterocycles. The first-order chi connectivity index (χ1) is 15.8. The van der Waals surface area contributed by atoms with Crippen LogP contribution in [0.3, 0.4) is 0 Å². The number of anilines is 1. The van der Waals surface area contributed by atoms with Crippen molar-refractivity contribution in [3.63, 3.8) is 0 Å². The van der Waals surface area contributed by atoms with Crippen molar-refractivity contribution in [2.45, 2.75) is 25.6 Å². The average molecular weight is 431 g/mol. The van der Waals surface area contributed by atoms with Crippen molar-refractivity contribution in [3.05, 3.63) is 48.7 Å². The number of morpholine rings is 1. The summed E-state index contributed by atoms with van der Waals surface area (Å²) >= 11 is 0. The van der Waals surface area contributed by atoms with Crippen LogP contribution in [0.2, 0.25) is 0 Å². The molecule has 2 aliphatic rings. The SMILES string of the molecule is c1ccn2nc3nc(-c4ccc(OC5CCCCO5)cc4)nc(N4CCOCC4)c3c2c1. The zero-order valence-corrected chi connectivity index (χ0v) is 17.8. The Balaban J connectivity index is 1.39. The van der Waals surface area contributed by atoms with Gasteiger partial charge in [-0.05, 0) is 49.2 Å². The molecule has 5 heterocycles. The number of benzene rings is 1. The molecule has 0 amide bonds. The highest BCUT2D eigenvalue weighted by Crippen LogP contribution is 2.32. The fourth-order valence-corrected chi connectivity index (χ4v) is 4.33. The van der Waals surface area contributed by atoms with E-state index in [1.807, 2.05) is 47.1 Å². The van der Waals surface area contributed by atoms with Crippen LogP contribution in [0.15, 0.2) is 48.7 Å². The zero-order chi connectivity index (χ0) is 21.3. The Kier molecular flexibility index (Phi) is 5.09. The first kappa shape index (κ1) is 19.5. The molecule has 2 saturated heterocycles. The number of nitrogens with zero attached hydrogens (tertiary/aromatic N) is 5. The highest BCUT2D eigenvalue weighted by molar-refractivity contribution is 6.01. The first-order valence-electron chi connectivity index (χ1n) is 11.2. The summed E-state index contributed by atoms with van der Waals surface area (Å²) in [6.45, 7) is 3.73. The number of ether oxygens (including phenoxy) is 3. The van der Waals surface area contributed by atoms with E-state index in [9.17, 15) is 0 Å². The topological polar surface area (TPSA) is 74.0 Å². The van der Waals surface area contributed by atoms with Crippen LogP contribution in [0.4, 0.5) is 5.82 Å². The smallest absolute Gasteiger partial charge is 0.199 e. The molecule has 8 nitrogen and oxygen atoms in total. The lowest BCUT2D eigenvalue weighted by Gasteiger charge is -2.28. The Bertz CT molecular complexity index is 1230. The maximum absolute atomic E-state index is 5.97. The molecule has 8 heteroatoms. The van der Waals surface area contributed by atoms with E-state index in [2.05, 4.69) is 11.0 Å². The molecule has 1 atom stereocenters. The second-order valence-electron chi connectivity index (χ2n) is 8.14. The lowest BCUT2D eigenvalue weighted by molar-refractivity contribution is -0.105. The molecule has 0 N–H and O–H groups in total. The van der Waals surface area contributed by atoms with Gasteiger partial charge in [-0.25, -0.2) is 14.5 Å². The Morgan fingerprint density at radius 1 is 0.938 bits per heavy atom. The fraction of sp³-hybridized carbons (Fsp3) is 0.375. The van der Waals surface area contributed by atoms with Gasteiger partial charge in [-0.3, -0.25) is 0 Å². The van der Waals surface area contributed by atoms with Gasteiger partial charge in [0.1, 0.15) is 11.6 Å². The van der Waals surface area contributed by atoms with E-state index in [1.54, 1.807) is 0 Å². The number of aromatic nitrogens is 4. The number of hydrogen-bond donors (Lipinski definition) is 0. The van der Waals surface area contributed by atoms with Crippen molar-refractivity contribution >= 4 is 22.4 Å². The number of fused-ring (bicyclic) bond motifs is 3. The van der Waals surface area contributed by atoms with E-state index in [0.717, 1.165) is 67.0 Å². The monoisotopic (exact) mass is 431 g/mol. The Labute approximate surface area is 185 Å². The minimum atomic E-state index is -0.159. The fourth-order valence-electron chi connectivity index (χ4n) is 4.33. The van der Waals surface area contributed by atoms with Gasteiger partial charge in [0.2, 0.25) is 0 Å². The molecule has 164 valence electrons. The standard InChI is InChI=1S/C24H25N5O3/c1-3-11-29-19(5-1)21-23(27-29)25-22(26-24(21)28-12-15-30-16-13-28)17-7-9-18(10-8-17)32-20-6-2-4-14-31-20/h1,3,5,7-11,20H,2,4,6,12-16H2. The Morgan fingerprint density at radius 2 is 1.81 bits per heavy atom. The second-order valence-corrected chi connectivity index (χ2v) is 8.14. The van der Waals surface area contributed by atoms with Gasteiger partial charge in [0.25, 0.3) is 0 Å². The highest BCUT2D eigenvalue weighted by Gasteiger charge is 2.22. The van der Waals surface area contributed by atoms with E-state index in [-0.39, 0.29) is 6.29 Å². The molecule has 0 bridgehead atoms. The summed E-state index contributed by atoms with van der Waals surface area (Å²) in [5, 5.41) is 5.70. The van der Waals surface area contributed by atoms with E-state index in [1.165, 1.54) is 0 Å². The van der Waals surface area contributed by atoms with Gasteiger partial charge in [0, 0.05) is 31.3 Å². The lowest BCUT2D eigenvalue weighted by Crippen LogP contribution is -2.37. The van der Waals surface area contributed by atoms with E-state index < -0.39 is 0 Å². The van der Waals surface area contributed by atoms with Crippen molar-refractivity contribution in [2.24, 2.45) is 0 Å². The van der Waals surface area contributed by atoms with Crippen molar-refractivity contribution in [3.8, 4) is 17.1 Å². The van der Waals surface area contributed by atoms with E-state index >= 15 is 0 Å². The largest absolute Gasteiger partial charge is 0.465 e. The molecule has 32 heavy (non-hydrogen) atoms. The Hall–Kier alpha value is -3.23. The zero-order valence-electron chi connectivity index (χ0n) is 17.8. The molecule has 1 aromatic carbocycles. The molecule has 6 rings (SSSR count). The average Bonchev–Trinajstić information content (AvgIpc) is 3.24. The van der Waals surface area contributed by atoms with E-state index in [0.29, 0.717) is 24.7 Å². The normalized spacial score (nSPS) is 19.5. The summed E-state index contributed by atoms with van der Waals surface area (Å²) in [6, 6.07) is 14.0. The minimum absolute atomic E-state index is 0.159. The highest BCUT2D eigenvalue weighted by atomic mass is 16.7. The van der Waals surface area contributed by atoms with Gasteiger partial charge in [0.15, 0.2) is 17.8 Å². The van der Waals surface area contributed by atoms with Crippen LogP contribution in [0.5, 0.6) is 5.75 Å². The lowest BCUT2D eigenvalue weighted by atomic mass is 10.2. The van der Waals surface area contributed by atoms with Gasteiger partial charge < -0.3 is 19.1 Å². The predicted molar refractivity (Wildman–Crippen MR) is 121 cm³/mol. The molecular formula is C24H25N5O3. The molecule has 0 spiro atoms. The number of hydrogen-bond acceptors (Lipinski definition) is 7. The van der Waals surface area contributed by atoms with Crippen molar-refractivity contribution in [1.29, 1.82) is 0 Å². The quantitative estimate of drug-likeness (QED) is 0.488. The summed E-state index contributed by atoms with van der Waals surface area (Å²) in [5.41, 5.74) is 2.63. The van der Waals surface area contributed by atoms with Gasteiger partial charge in [-0.2, -0.15) is 0 Å². The van der Waals surface area contributed by atoms with Gasteiger partial charge in [-0.1, -0.05) is 6.07 Å². The van der Waals surface area contributed by atoms with Gasteiger partial charge in [-0.15, -0.1) is 5.10 Å². The third-order valence-electron chi connectivity index (χ3n) is 6.00. The van der Waals surface area contributed by atoms with Crippen LogP contribution < -0.4 is 9.64 Å². The molecule has 0 aliphatic carbocycles. The molecule has 0 radical (unpaired) electrons. The minimum Gasteiger partial charge on any atom is -0.465 e. The third kappa shape index (κ3) is 3.65. The van der Waals surface area contributed by atoms with Crippen LogP contribution in [0, 0.1) is 0 Å². The second kappa shape index (κ2) is 8.37. The van der Waals surface area contributed by atoms with Crippen LogP contribution in [0.1, 0.15) is 19.3 Å². The van der Waals surface area contributed by atoms with Crippen LogP contribution >= 0.6 is 0 Å². The van der Waals surface area contributed by atoms with Crippen LogP contribution in [-0.2, 0) is 9.47 Å². The van der Waals surface area contributed by atoms with Crippen molar-refractivity contribution in [1.82, 2.24) is 19.6 Å². The van der Waals surface area contributed by atoms with Crippen molar-refractivity contribution < 1.29 is 14.2 Å². The Morgan fingerprint density at radius 3 is 2.62 bits per heavy atom. The van der Waals surface area contributed by atoms with Gasteiger partial charge in [0.05, 0.1) is 30.7 Å².